The van der Waals surface area contributed by atoms with Crippen LogP contribution in [0.5, 0.6) is 0 Å². The summed E-state index contributed by atoms with van der Waals surface area (Å²) in [6.45, 7) is 0. The maximum Gasteiger partial charge on any atom is 0.142 e. The van der Waals surface area contributed by atoms with Crippen molar-refractivity contribution in [1.82, 2.24) is 0 Å². The molecule has 0 radical (unpaired) electrons. The highest BCUT2D eigenvalue weighted by molar-refractivity contribution is 7.20. The molecule has 0 aliphatic rings. The quantitative estimate of drug-likeness (QED) is 0.702. The lowest BCUT2D eigenvalue weighted by molar-refractivity contribution is 0.239. The molecule has 0 aliphatic heterocycles. The van der Waals surface area contributed by atoms with E-state index in [-0.39, 0.29) is 0 Å². The molecule has 58 valence electrons. The molecule has 4 heteroatoms. The van der Waals surface area contributed by atoms with Crippen LogP contribution >= 0.6 is 34.5 Å². The summed E-state index contributed by atoms with van der Waals surface area (Å²) in [5.74, 6) is 2.15. The smallest absolute Gasteiger partial charge is 0.142 e. The predicted molar refractivity (Wildman–Crippen MR) is 48.1 cm³/mol. The van der Waals surface area contributed by atoms with Crippen LogP contribution in [-0.2, 0) is 0 Å². The Morgan fingerprint density at radius 3 is 2.64 bits per heavy atom. The van der Waals surface area contributed by atoms with Crippen LogP contribution in [-0.4, -0.2) is 5.11 Å². The minimum absolute atomic E-state index is 0.445. The second-order valence-corrected chi connectivity index (χ2v) is 4.13. The summed E-state index contributed by atoms with van der Waals surface area (Å²) in [5, 5.41) is 9.15. The van der Waals surface area contributed by atoms with Gasteiger partial charge in [0, 0.05) is 5.56 Å². The van der Waals surface area contributed by atoms with Gasteiger partial charge in [-0.05, 0) is 6.07 Å². The number of hydrogen-bond donors (Lipinski definition) is 1. The first kappa shape index (κ1) is 8.89. The normalized spacial score (nSPS) is 12.5. The summed E-state index contributed by atoms with van der Waals surface area (Å²) in [5.41, 5.74) is 0.504. The molecule has 0 aromatic carbocycles. The minimum atomic E-state index is -0.953. The predicted octanol–water partition coefficient (Wildman–Crippen LogP) is 2.72. The number of hydrogen-bond acceptors (Lipinski definition) is 2. The Balaban J connectivity index is 3.05. The molecular formula is C7H4Cl2OS. The fourth-order valence-corrected chi connectivity index (χ4v) is 2.15. The minimum Gasteiger partial charge on any atom is -0.376 e. The molecule has 0 spiro atoms. The first-order valence-corrected chi connectivity index (χ1v) is 4.31. The number of terminal acetylenes is 1. The molecule has 0 fully saturated rings. The maximum atomic E-state index is 9.15. The Morgan fingerprint density at radius 1 is 1.64 bits per heavy atom. The molecule has 1 unspecified atom stereocenters. The first-order chi connectivity index (χ1) is 5.15. The molecule has 0 amide bonds. The molecule has 1 rings (SSSR count). The molecular weight excluding hydrogens is 203 g/mol. The fourth-order valence-electron chi connectivity index (χ4n) is 0.629. The van der Waals surface area contributed by atoms with E-state index in [2.05, 4.69) is 5.92 Å². The van der Waals surface area contributed by atoms with Crippen LogP contribution in [0.15, 0.2) is 6.07 Å². The number of thiophene rings is 1. The van der Waals surface area contributed by atoms with E-state index in [0.29, 0.717) is 14.2 Å². The molecule has 0 aliphatic carbocycles. The van der Waals surface area contributed by atoms with E-state index in [4.69, 9.17) is 34.7 Å². The summed E-state index contributed by atoms with van der Waals surface area (Å²) in [6, 6.07) is 1.57. The highest BCUT2D eigenvalue weighted by Gasteiger charge is 2.11. The van der Waals surface area contributed by atoms with Crippen LogP contribution < -0.4 is 0 Å². The van der Waals surface area contributed by atoms with Crippen molar-refractivity contribution in [1.29, 1.82) is 0 Å². The molecule has 1 heterocycles. The van der Waals surface area contributed by atoms with Gasteiger partial charge < -0.3 is 5.11 Å². The van der Waals surface area contributed by atoms with Gasteiger partial charge in [-0.25, -0.2) is 0 Å². The Labute approximate surface area is 78.6 Å². The van der Waals surface area contributed by atoms with Crippen LogP contribution in [0.3, 0.4) is 0 Å². The summed E-state index contributed by atoms with van der Waals surface area (Å²) >= 11 is 12.5. The molecule has 11 heavy (non-hydrogen) atoms. The summed E-state index contributed by atoms with van der Waals surface area (Å²) in [4.78, 5) is 0. The van der Waals surface area contributed by atoms with E-state index >= 15 is 0 Å². The van der Waals surface area contributed by atoms with Gasteiger partial charge in [0.25, 0.3) is 0 Å². The number of aliphatic hydroxyl groups is 1. The lowest BCUT2D eigenvalue weighted by Crippen LogP contribution is -1.89. The van der Waals surface area contributed by atoms with Crippen molar-refractivity contribution in [3.05, 3.63) is 20.3 Å². The average Bonchev–Trinajstić information content (AvgIpc) is 2.28. The van der Waals surface area contributed by atoms with Gasteiger partial charge in [0.2, 0.25) is 0 Å². The maximum absolute atomic E-state index is 9.15. The zero-order valence-electron chi connectivity index (χ0n) is 5.34. The second-order valence-electron chi connectivity index (χ2n) is 1.85. The monoisotopic (exact) mass is 206 g/mol. The van der Waals surface area contributed by atoms with E-state index < -0.39 is 6.10 Å². The zero-order chi connectivity index (χ0) is 8.43. The van der Waals surface area contributed by atoms with E-state index in [9.17, 15) is 0 Å². The molecule has 1 aromatic heterocycles. The van der Waals surface area contributed by atoms with Crippen LogP contribution in [0.1, 0.15) is 11.7 Å². The van der Waals surface area contributed by atoms with Gasteiger partial charge in [-0.3, -0.25) is 0 Å². The molecule has 0 saturated carbocycles. The highest BCUT2D eigenvalue weighted by atomic mass is 35.5. The van der Waals surface area contributed by atoms with Crippen molar-refractivity contribution in [3.8, 4) is 12.3 Å². The third kappa shape index (κ3) is 1.88. The number of rotatable bonds is 1. The van der Waals surface area contributed by atoms with Gasteiger partial charge in [0.15, 0.2) is 0 Å². The van der Waals surface area contributed by atoms with Gasteiger partial charge in [-0.2, -0.15) is 0 Å². The molecule has 0 bridgehead atoms. The van der Waals surface area contributed by atoms with Gasteiger partial charge in [0.1, 0.15) is 10.4 Å². The lowest BCUT2D eigenvalue weighted by atomic mass is 10.2. The Kier molecular flexibility index (Phi) is 2.80. The van der Waals surface area contributed by atoms with Crippen molar-refractivity contribution in [2.75, 3.05) is 0 Å². The van der Waals surface area contributed by atoms with Crippen LogP contribution in [0.25, 0.3) is 0 Å². The van der Waals surface area contributed by atoms with Crippen molar-refractivity contribution in [2.45, 2.75) is 6.10 Å². The van der Waals surface area contributed by atoms with E-state index in [1.165, 1.54) is 11.3 Å². The Bertz CT molecular complexity index is 300. The van der Waals surface area contributed by atoms with E-state index in [1.54, 1.807) is 6.07 Å². The summed E-state index contributed by atoms with van der Waals surface area (Å²) in [7, 11) is 0. The average molecular weight is 207 g/mol. The molecule has 1 aromatic rings. The zero-order valence-corrected chi connectivity index (χ0v) is 7.67. The second kappa shape index (κ2) is 3.46. The third-order valence-corrected chi connectivity index (χ3v) is 2.65. The van der Waals surface area contributed by atoms with Crippen molar-refractivity contribution in [3.63, 3.8) is 0 Å². The van der Waals surface area contributed by atoms with Gasteiger partial charge in [0.05, 0.1) is 4.34 Å². The van der Waals surface area contributed by atoms with E-state index in [1.807, 2.05) is 0 Å². The van der Waals surface area contributed by atoms with Crippen molar-refractivity contribution in [2.24, 2.45) is 0 Å². The number of aliphatic hydroxyl groups excluding tert-OH is 1. The number of halogens is 2. The lowest BCUT2D eigenvalue weighted by Gasteiger charge is -1.98. The Morgan fingerprint density at radius 2 is 2.27 bits per heavy atom. The summed E-state index contributed by atoms with van der Waals surface area (Å²) < 4.78 is 0.972. The van der Waals surface area contributed by atoms with Crippen molar-refractivity contribution >= 4 is 34.5 Å². The largest absolute Gasteiger partial charge is 0.376 e. The standard InChI is InChI=1S/C7H4Cl2OS/c1-2-5(10)4-3-6(8)11-7(4)9/h1,3,5,10H. The topological polar surface area (TPSA) is 20.2 Å². The molecule has 1 N–H and O–H groups in total. The first-order valence-electron chi connectivity index (χ1n) is 2.74. The van der Waals surface area contributed by atoms with Gasteiger partial charge in [-0.15, -0.1) is 17.8 Å². The van der Waals surface area contributed by atoms with Crippen LogP contribution in [0, 0.1) is 12.3 Å². The third-order valence-electron chi connectivity index (χ3n) is 1.14. The SMILES string of the molecule is C#CC(O)c1cc(Cl)sc1Cl. The van der Waals surface area contributed by atoms with Crippen LogP contribution in [0.2, 0.25) is 8.67 Å². The van der Waals surface area contributed by atoms with E-state index in [0.717, 1.165) is 0 Å². The van der Waals surface area contributed by atoms with Gasteiger partial charge >= 0.3 is 0 Å². The van der Waals surface area contributed by atoms with Crippen LogP contribution in [0.4, 0.5) is 0 Å². The van der Waals surface area contributed by atoms with Crippen molar-refractivity contribution < 1.29 is 5.11 Å². The highest BCUT2D eigenvalue weighted by Crippen LogP contribution is 2.34. The molecule has 1 atom stereocenters. The fraction of sp³-hybridized carbons (Fsp3) is 0.143. The summed E-state index contributed by atoms with van der Waals surface area (Å²) in [6.07, 6.45) is 4.03. The van der Waals surface area contributed by atoms with Gasteiger partial charge in [-0.1, -0.05) is 29.1 Å². The Hall–Kier alpha value is -0.200. The molecule has 1 nitrogen and oxygen atoms in total. The molecule has 0 saturated heterocycles.